The number of thiophene rings is 1. The largest absolute Gasteiger partial charge is 0.365 e. The summed E-state index contributed by atoms with van der Waals surface area (Å²) in [6, 6.07) is 11.6. The third kappa shape index (κ3) is 3.92. The van der Waals surface area contributed by atoms with Crippen molar-refractivity contribution in [3.05, 3.63) is 51.7 Å². The smallest absolute Gasteiger partial charge is 0.258 e. The van der Waals surface area contributed by atoms with Gasteiger partial charge in [0.05, 0.1) is 36.0 Å². The van der Waals surface area contributed by atoms with Crippen LogP contribution in [0.1, 0.15) is 20.1 Å². The van der Waals surface area contributed by atoms with Crippen molar-refractivity contribution in [2.75, 3.05) is 26.2 Å². The lowest BCUT2D eigenvalue weighted by Gasteiger charge is -2.31. The second-order valence-corrected chi connectivity index (χ2v) is 9.37. The first-order valence-corrected chi connectivity index (χ1v) is 10.4. The number of primary amides is 1. The van der Waals surface area contributed by atoms with Crippen LogP contribution in [0.15, 0.2) is 41.3 Å². The molecule has 3 N–H and O–H groups in total. The minimum absolute atomic E-state index is 0.206. The predicted molar refractivity (Wildman–Crippen MR) is 97.2 cm³/mol. The van der Waals surface area contributed by atoms with E-state index in [-0.39, 0.29) is 9.77 Å². The van der Waals surface area contributed by atoms with Crippen LogP contribution >= 0.6 is 11.3 Å². The summed E-state index contributed by atoms with van der Waals surface area (Å²) in [4.78, 5) is 13.8. The number of piperazine rings is 1. The molecule has 1 amide bonds. The van der Waals surface area contributed by atoms with Crippen LogP contribution in [0, 0.1) is 6.92 Å². The molecule has 1 aromatic carbocycles. The number of aryl methyl sites for hydroxylation is 1. The first-order chi connectivity index (χ1) is 11.9. The van der Waals surface area contributed by atoms with Crippen molar-refractivity contribution in [3.8, 4) is 0 Å². The Morgan fingerprint density at radius 3 is 2.44 bits per heavy atom. The Kier molecular flexibility index (Phi) is 5.24. The normalized spacial score (nSPS) is 16.8. The van der Waals surface area contributed by atoms with Gasteiger partial charge >= 0.3 is 0 Å². The summed E-state index contributed by atoms with van der Waals surface area (Å²) < 4.78 is 27.3. The van der Waals surface area contributed by atoms with Crippen molar-refractivity contribution in [2.24, 2.45) is 5.73 Å². The summed E-state index contributed by atoms with van der Waals surface area (Å²) >= 11 is 1.13. The molecule has 25 heavy (non-hydrogen) atoms. The molecule has 0 aliphatic carbocycles. The summed E-state index contributed by atoms with van der Waals surface area (Å²) in [6.07, 6.45) is 0. The number of nitrogens with zero attached hydrogens (tertiary/aromatic N) is 1. The van der Waals surface area contributed by atoms with Crippen molar-refractivity contribution in [1.29, 1.82) is 0 Å². The molecule has 8 heteroatoms. The number of hydrogen-bond acceptors (Lipinski definition) is 4. The van der Waals surface area contributed by atoms with E-state index in [9.17, 15) is 13.2 Å². The fourth-order valence-electron chi connectivity index (χ4n) is 3.09. The molecule has 0 saturated carbocycles. The molecular formula is C17H22N3O3S2+. The van der Waals surface area contributed by atoms with Gasteiger partial charge in [0.2, 0.25) is 10.0 Å². The molecule has 0 unspecified atom stereocenters. The van der Waals surface area contributed by atoms with Gasteiger partial charge < -0.3 is 10.6 Å². The number of hydrogen-bond donors (Lipinski definition) is 2. The van der Waals surface area contributed by atoms with Crippen LogP contribution in [-0.4, -0.2) is 44.8 Å². The van der Waals surface area contributed by atoms with Gasteiger partial charge in [0.15, 0.2) is 0 Å². The van der Waals surface area contributed by atoms with Crippen molar-refractivity contribution in [2.45, 2.75) is 18.4 Å². The number of carbonyl (C=O) groups excluding carboxylic acids is 1. The minimum Gasteiger partial charge on any atom is -0.365 e. The highest BCUT2D eigenvalue weighted by Crippen LogP contribution is 2.28. The minimum atomic E-state index is -3.58. The molecular weight excluding hydrogens is 358 g/mol. The summed E-state index contributed by atoms with van der Waals surface area (Å²) in [5.74, 6) is -0.591. The number of carbonyl (C=O) groups is 1. The second kappa shape index (κ2) is 7.25. The molecule has 1 aromatic heterocycles. The number of nitrogens with one attached hydrogen (secondary N) is 1. The zero-order valence-electron chi connectivity index (χ0n) is 14.1. The number of quaternary nitrogens is 1. The van der Waals surface area contributed by atoms with E-state index in [0.29, 0.717) is 18.0 Å². The third-order valence-electron chi connectivity index (χ3n) is 4.46. The van der Waals surface area contributed by atoms with Gasteiger partial charge in [-0.1, -0.05) is 30.3 Å². The number of rotatable bonds is 5. The molecule has 2 aromatic rings. The van der Waals surface area contributed by atoms with Crippen LogP contribution in [0.25, 0.3) is 0 Å². The van der Waals surface area contributed by atoms with Gasteiger partial charge in [-0.3, -0.25) is 4.79 Å². The lowest BCUT2D eigenvalue weighted by Crippen LogP contribution is -3.13. The van der Waals surface area contributed by atoms with Gasteiger partial charge in [0.1, 0.15) is 6.54 Å². The molecule has 1 aliphatic rings. The van der Waals surface area contributed by atoms with E-state index in [2.05, 4.69) is 12.1 Å². The van der Waals surface area contributed by atoms with E-state index in [1.807, 2.05) is 18.2 Å². The fourth-order valence-corrected chi connectivity index (χ4v) is 5.94. The van der Waals surface area contributed by atoms with Crippen molar-refractivity contribution in [1.82, 2.24) is 4.31 Å². The van der Waals surface area contributed by atoms with Crippen LogP contribution in [0.2, 0.25) is 0 Å². The lowest BCUT2D eigenvalue weighted by atomic mass is 10.2. The quantitative estimate of drug-likeness (QED) is 0.780. The zero-order valence-corrected chi connectivity index (χ0v) is 15.7. The molecule has 1 fully saturated rings. The first kappa shape index (κ1) is 18.1. The molecule has 0 radical (unpaired) electrons. The van der Waals surface area contributed by atoms with Crippen molar-refractivity contribution < 1.29 is 18.1 Å². The van der Waals surface area contributed by atoms with Gasteiger partial charge in [-0.05, 0) is 13.0 Å². The standard InChI is InChI=1S/C17H21N3O3S2/c1-13-16(11-15(24-13)17(18)21)25(22,23)20-9-7-19(8-10-20)12-14-5-3-2-4-6-14/h2-6,11H,7-10,12H2,1H3,(H2,18,21)/p+1. The molecule has 0 bridgehead atoms. The van der Waals surface area contributed by atoms with Crippen molar-refractivity contribution in [3.63, 3.8) is 0 Å². The number of sulfonamides is 1. The number of benzene rings is 1. The summed E-state index contributed by atoms with van der Waals surface area (Å²) in [5.41, 5.74) is 6.53. The van der Waals surface area contributed by atoms with Crippen LogP contribution < -0.4 is 10.6 Å². The predicted octanol–water partition coefficient (Wildman–Crippen LogP) is 0.245. The highest BCUT2D eigenvalue weighted by atomic mass is 32.2. The summed E-state index contributed by atoms with van der Waals surface area (Å²) in [7, 11) is -3.58. The van der Waals surface area contributed by atoms with E-state index in [1.54, 1.807) is 6.92 Å². The third-order valence-corrected chi connectivity index (χ3v) is 7.68. The Labute approximate surface area is 151 Å². The molecule has 2 heterocycles. The second-order valence-electron chi connectivity index (χ2n) is 6.21. The van der Waals surface area contributed by atoms with Crippen LogP contribution in [0.5, 0.6) is 0 Å². The van der Waals surface area contributed by atoms with E-state index in [4.69, 9.17) is 5.73 Å². The highest BCUT2D eigenvalue weighted by molar-refractivity contribution is 7.89. The molecule has 134 valence electrons. The lowest BCUT2D eigenvalue weighted by molar-refractivity contribution is -0.917. The Hall–Kier alpha value is -1.74. The van der Waals surface area contributed by atoms with E-state index in [0.717, 1.165) is 31.0 Å². The van der Waals surface area contributed by atoms with E-state index in [1.165, 1.54) is 20.8 Å². The monoisotopic (exact) mass is 380 g/mol. The Bertz CT molecular complexity index is 855. The van der Waals surface area contributed by atoms with Gasteiger partial charge in [0.25, 0.3) is 5.91 Å². The molecule has 1 saturated heterocycles. The van der Waals surface area contributed by atoms with Gasteiger partial charge in [-0.2, -0.15) is 4.31 Å². The van der Waals surface area contributed by atoms with E-state index < -0.39 is 15.9 Å². The number of amides is 1. The van der Waals surface area contributed by atoms with Crippen LogP contribution in [0.3, 0.4) is 0 Å². The number of nitrogens with two attached hydrogens (primary N) is 1. The molecule has 1 aliphatic heterocycles. The zero-order chi connectivity index (χ0) is 18.0. The SMILES string of the molecule is Cc1sc(C(N)=O)cc1S(=O)(=O)N1CC[NH+](Cc2ccccc2)CC1. The van der Waals surface area contributed by atoms with Crippen molar-refractivity contribution >= 4 is 27.3 Å². The van der Waals surface area contributed by atoms with Gasteiger partial charge in [-0.15, -0.1) is 11.3 Å². The van der Waals surface area contributed by atoms with Crippen LogP contribution in [-0.2, 0) is 16.6 Å². The van der Waals surface area contributed by atoms with Gasteiger partial charge in [-0.25, -0.2) is 8.42 Å². The average molecular weight is 381 g/mol. The fraction of sp³-hybridized carbons (Fsp3) is 0.353. The maximum absolute atomic E-state index is 12.9. The molecule has 6 nitrogen and oxygen atoms in total. The first-order valence-electron chi connectivity index (χ1n) is 8.16. The van der Waals surface area contributed by atoms with Crippen LogP contribution in [0.4, 0.5) is 0 Å². The molecule has 0 spiro atoms. The highest BCUT2D eigenvalue weighted by Gasteiger charge is 2.32. The maximum Gasteiger partial charge on any atom is 0.258 e. The summed E-state index contributed by atoms with van der Waals surface area (Å²) in [5, 5.41) is 0. The van der Waals surface area contributed by atoms with Gasteiger partial charge in [0, 0.05) is 10.4 Å². The Balaban J connectivity index is 1.68. The Morgan fingerprint density at radius 2 is 1.88 bits per heavy atom. The topological polar surface area (TPSA) is 84.9 Å². The maximum atomic E-state index is 12.9. The summed E-state index contributed by atoms with van der Waals surface area (Å²) in [6.45, 7) is 5.09. The molecule has 0 atom stereocenters. The van der Waals surface area contributed by atoms with E-state index >= 15 is 0 Å². The average Bonchev–Trinajstić information content (AvgIpc) is 2.99. The Morgan fingerprint density at radius 1 is 1.24 bits per heavy atom. The molecule has 3 rings (SSSR count).